The maximum atomic E-state index is 12.6. The molecule has 0 saturated carbocycles. The van der Waals surface area contributed by atoms with Crippen molar-refractivity contribution in [2.24, 2.45) is 5.73 Å². The zero-order chi connectivity index (χ0) is 18.1. The van der Waals surface area contributed by atoms with E-state index >= 15 is 0 Å². The minimum atomic E-state index is -0.458. The van der Waals surface area contributed by atoms with Gasteiger partial charge in [-0.25, -0.2) is 0 Å². The molecule has 1 aliphatic rings. The van der Waals surface area contributed by atoms with Gasteiger partial charge in [-0.15, -0.1) is 0 Å². The Morgan fingerprint density at radius 3 is 2.54 bits per heavy atom. The predicted octanol–water partition coefficient (Wildman–Crippen LogP) is 2.96. The molecule has 2 N–H and O–H groups in total. The molecule has 1 atom stereocenters. The quantitative estimate of drug-likeness (QED) is 0.793. The fourth-order valence-corrected chi connectivity index (χ4v) is 3.56. The SMILES string of the molecule is NC(=O)c1cc([C@H]2CCN(C(=O)c3ccccc3)C2)nc2ccccc12. The smallest absolute Gasteiger partial charge is 0.253 e. The summed E-state index contributed by atoms with van der Waals surface area (Å²) in [4.78, 5) is 31.1. The zero-order valence-corrected chi connectivity index (χ0v) is 14.3. The molecule has 0 unspecified atom stereocenters. The van der Waals surface area contributed by atoms with Crippen LogP contribution in [0.25, 0.3) is 10.9 Å². The van der Waals surface area contributed by atoms with Crippen molar-refractivity contribution in [1.29, 1.82) is 0 Å². The number of hydrogen-bond acceptors (Lipinski definition) is 3. The molecule has 3 aromatic rings. The van der Waals surface area contributed by atoms with Crippen molar-refractivity contribution in [3.05, 3.63) is 77.5 Å². The van der Waals surface area contributed by atoms with Gasteiger partial charge in [-0.2, -0.15) is 0 Å². The lowest BCUT2D eigenvalue weighted by Crippen LogP contribution is -2.28. The highest BCUT2D eigenvalue weighted by Gasteiger charge is 2.29. The summed E-state index contributed by atoms with van der Waals surface area (Å²) in [7, 11) is 0. The second-order valence-corrected chi connectivity index (χ2v) is 6.58. The first kappa shape index (κ1) is 16.3. The Hall–Kier alpha value is -3.21. The number of hydrogen-bond donors (Lipinski definition) is 1. The summed E-state index contributed by atoms with van der Waals surface area (Å²) in [5, 5.41) is 0.763. The average Bonchev–Trinajstić information content (AvgIpc) is 3.17. The van der Waals surface area contributed by atoms with E-state index in [1.165, 1.54) is 0 Å². The second-order valence-electron chi connectivity index (χ2n) is 6.58. The molecule has 2 aromatic carbocycles. The number of carbonyl (C=O) groups is 2. The summed E-state index contributed by atoms with van der Waals surface area (Å²) in [5.74, 6) is -0.325. The molecule has 1 aliphatic heterocycles. The number of nitrogens with two attached hydrogens (primary N) is 1. The lowest BCUT2D eigenvalue weighted by atomic mass is 9.99. The van der Waals surface area contributed by atoms with Crippen molar-refractivity contribution in [1.82, 2.24) is 9.88 Å². The number of rotatable bonds is 3. The number of para-hydroxylation sites is 1. The Morgan fingerprint density at radius 2 is 1.77 bits per heavy atom. The first-order valence-electron chi connectivity index (χ1n) is 8.67. The van der Waals surface area contributed by atoms with Gasteiger partial charge in [-0.05, 0) is 30.7 Å². The van der Waals surface area contributed by atoms with Crippen LogP contribution < -0.4 is 5.73 Å². The largest absolute Gasteiger partial charge is 0.366 e. The third-order valence-electron chi connectivity index (χ3n) is 4.92. The van der Waals surface area contributed by atoms with E-state index < -0.39 is 5.91 Å². The minimum absolute atomic E-state index is 0.0315. The number of amides is 2. The van der Waals surface area contributed by atoms with Gasteiger partial charge in [0.1, 0.15) is 0 Å². The van der Waals surface area contributed by atoms with Gasteiger partial charge in [0.25, 0.3) is 5.91 Å². The van der Waals surface area contributed by atoms with Crippen LogP contribution in [0, 0.1) is 0 Å². The normalized spacial score (nSPS) is 16.8. The van der Waals surface area contributed by atoms with Crippen molar-refractivity contribution < 1.29 is 9.59 Å². The Kier molecular flexibility index (Phi) is 4.13. The molecule has 1 saturated heterocycles. The fourth-order valence-electron chi connectivity index (χ4n) is 3.56. The molecule has 1 aromatic heterocycles. The summed E-state index contributed by atoms with van der Waals surface area (Å²) >= 11 is 0. The molecule has 2 heterocycles. The molecular formula is C21H19N3O2. The van der Waals surface area contributed by atoms with Crippen LogP contribution in [-0.4, -0.2) is 34.8 Å². The van der Waals surface area contributed by atoms with Crippen LogP contribution in [0.5, 0.6) is 0 Å². The predicted molar refractivity (Wildman–Crippen MR) is 100.0 cm³/mol. The van der Waals surface area contributed by atoms with Crippen LogP contribution in [0.3, 0.4) is 0 Å². The van der Waals surface area contributed by atoms with Crippen molar-refractivity contribution >= 4 is 22.7 Å². The van der Waals surface area contributed by atoms with E-state index in [1.807, 2.05) is 59.5 Å². The third-order valence-corrected chi connectivity index (χ3v) is 4.92. The lowest BCUT2D eigenvalue weighted by molar-refractivity contribution is 0.0790. The average molecular weight is 345 g/mol. The Morgan fingerprint density at radius 1 is 1.04 bits per heavy atom. The van der Waals surface area contributed by atoms with E-state index in [4.69, 9.17) is 10.7 Å². The highest BCUT2D eigenvalue weighted by atomic mass is 16.2. The molecule has 0 aliphatic carbocycles. The van der Waals surface area contributed by atoms with Gasteiger partial charge in [0.05, 0.1) is 11.1 Å². The molecule has 4 rings (SSSR count). The van der Waals surface area contributed by atoms with E-state index in [0.29, 0.717) is 24.2 Å². The first-order chi connectivity index (χ1) is 12.6. The molecule has 0 spiro atoms. The Bertz CT molecular complexity index is 985. The number of carbonyl (C=O) groups excluding carboxylic acids is 2. The summed E-state index contributed by atoms with van der Waals surface area (Å²) in [6.07, 6.45) is 0.822. The summed E-state index contributed by atoms with van der Waals surface area (Å²) in [6.45, 7) is 1.27. The van der Waals surface area contributed by atoms with Gasteiger partial charge >= 0.3 is 0 Å². The molecule has 130 valence electrons. The highest BCUT2D eigenvalue weighted by molar-refractivity contribution is 6.05. The van der Waals surface area contributed by atoms with Crippen LogP contribution >= 0.6 is 0 Å². The Labute approximate surface area is 151 Å². The van der Waals surface area contributed by atoms with E-state index in [1.54, 1.807) is 6.07 Å². The number of likely N-dealkylation sites (tertiary alicyclic amines) is 1. The van der Waals surface area contributed by atoms with E-state index in [9.17, 15) is 9.59 Å². The molecule has 26 heavy (non-hydrogen) atoms. The Balaban J connectivity index is 1.63. The van der Waals surface area contributed by atoms with Crippen LogP contribution in [-0.2, 0) is 0 Å². The zero-order valence-electron chi connectivity index (χ0n) is 14.3. The van der Waals surface area contributed by atoms with Crippen LogP contribution in [0.15, 0.2) is 60.7 Å². The van der Waals surface area contributed by atoms with Crippen LogP contribution in [0.1, 0.15) is 38.7 Å². The van der Waals surface area contributed by atoms with Crippen molar-refractivity contribution in [2.75, 3.05) is 13.1 Å². The van der Waals surface area contributed by atoms with Gasteiger partial charge in [-0.3, -0.25) is 14.6 Å². The molecule has 0 bridgehead atoms. The minimum Gasteiger partial charge on any atom is -0.366 e. The van der Waals surface area contributed by atoms with Crippen molar-refractivity contribution in [2.45, 2.75) is 12.3 Å². The number of nitrogens with zero attached hydrogens (tertiary/aromatic N) is 2. The summed E-state index contributed by atoms with van der Waals surface area (Å²) in [6, 6.07) is 18.6. The van der Waals surface area contributed by atoms with Gasteiger partial charge in [0.15, 0.2) is 0 Å². The monoisotopic (exact) mass is 345 g/mol. The van der Waals surface area contributed by atoms with Gasteiger partial charge in [0.2, 0.25) is 5.91 Å². The maximum Gasteiger partial charge on any atom is 0.253 e. The number of primary amides is 1. The van der Waals surface area contributed by atoms with E-state index in [0.717, 1.165) is 23.0 Å². The number of pyridine rings is 1. The number of benzene rings is 2. The lowest BCUT2D eigenvalue weighted by Gasteiger charge is -2.17. The van der Waals surface area contributed by atoms with E-state index in [2.05, 4.69) is 0 Å². The molecule has 5 heteroatoms. The van der Waals surface area contributed by atoms with Gasteiger partial charge in [0, 0.05) is 35.7 Å². The number of fused-ring (bicyclic) bond motifs is 1. The van der Waals surface area contributed by atoms with Gasteiger partial charge < -0.3 is 10.6 Å². The molecule has 2 amide bonds. The summed E-state index contributed by atoms with van der Waals surface area (Å²) < 4.78 is 0. The van der Waals surface area contributed by atoms with E-state index in [-0.39, 0.29) is 11.8 Å². The topological polar surface area (TPSA) is 76.3 Å². The molecule has 5 nitrogen and oxygen atoms in total. The first-order valence-corrected chi connectivity index (χ1v) is 8.67. The fraction of sp³-hybridized carbons (Fsp3) is 0.190. The van der Waals surface area contributed by atoms with Crippen LogP contribution in [0.4, 0.5) is 0 Å². The standard InChI is InChI=1S/C21H19N3O2/c22-20(25)17-12-19(23-18-9-5-4-8-16(17)18)15-10-11-24(13-15)21(26)14-6-2-1-3-7-14/h1-9,12,15H,10-11,13H2,(H2,22,25)/t15-/m0/s1. The van der Waals surface area contributed by atoms with Crippen molar-refractivity contribution in [3.63, 3.8) is 0 Å². The van der Waals surface area contributed by atoms with Gasteiger partial charge in [-0.1, -0.05) is 36.4 Å². The molecule has 0 radical (unpaired) electrons. The highest BCUT2D eigenvalue weighted by Crippen LogP contribution is 2.30. The summed E-state index contributed by atoms with van der Waals surface area (Å²) in [5.41, 5.74) is 8.32. The number of aromatic nitrogens is 1. The van der Waals surface area contributed by atoms with Crippen molar-refractivity contribution in [3.8, 4) is 0 Å². The third kappa shape index (κ3) is 2.92. The second kappa shape index (κ2) is 6.59. The molecule has 1 fully saturated rings. The molecular weight excluding hydrogens is 326 g/mol. The van der Waals surface area contributed by atoms with Crippen LogP contribution in [0.2, 0.25) is 0 Å². The maximum absolute atomic E-state index is 12.6.